The van der Waals surface area contributed by atoms with E-state index >= 15 is 0 Å². The van der Waals surface area contributed by atoms with E-state index in [9.17, 15) is 14.7 Å². The minimum Gasteiger partial charge on any atom is -0.502 e. The molecule has 1 aliphatic rings. The fraction of sp³-hybridized carbons (Fsp3) is 0.385. The summed E-state index contributed by atoms with van der Waals surface area (Å²) in [6, 6.07) is 11.7. The summed E-state index contributed by atoms with van der Waals surface area (Å²) < 4.78 is 56.4. The highest BCUT2D eigenvalue weighted by atomic mass is 16.5. The van der Waals surface area contributed by atoms with Crippen molar-refractivity contribution >= 4 is 5.97 Å². The largest absolute Gasteiger partial charge is 0.502 e. The molecule has 14 nitrogen and oxygen atoms in total. The van der Waals surface area contributed by atoms with Crippen LogP contribution < -0.4 is 43.3 Å². The molecule has 3 aromatic carbocycles. The quantitative estimate of drug-likeness (QED) is 0.158. The van der Waals surface area contributed by atoms with Crippen molar-refractivity contribution in [3.63, 3.8) is 0 Å². The van der Waals surface area contributed by atoms with E-state index in [-0.39, 0.29) is 24.5 Å². The van der Waals surface area contributed by atoms with Gasteiger partial charge in [0.1, 0.15) is 11.5 Å². The fourth-order valence-electron chi connectivity index (χ4n) is 6.81. The van der Waals surface area contributed by atoms with Crippen molar-refractivity contribution in [2.45, 2.75) is 31.3 Å². The first-order valence-electron chi connectivity index (χ1n) is 16.6. The number of hydrogen-bond donors (Lipinski definition) is 1. The van der Waals surface area contributed by atoms with Gasteiger partial charge in [-0.25, -0.2) is 0 Å². The number of esters is 1. The third-order valence-electron chi connectivity index (χ3n) is 9.36. The van der Waals surface area contributed by atoms with Gasteiger partial charge in [-0.05, 0) is 53.4 Å². The van der Waals surface area contributed by atoms with Gasteiger partial charge >= 0.3 is 5.97 Å². The molecule has 2 atom stereocenters. The fourth-order valence-corrected chi connectivity index (χ4v) is 6.81. The molecule has 284 valence electrons. The number of carbonyl (C=O) groups excluding carboxylic acids is 1. The Balaban J connectivity index is 1.68. The highest BCUT2D eigenvalue weighted by Crippen LogP contribution is 2.47. The van der Waals surface area contributed by atoms with Crippen LogP contribution in [0.1, 0.15) is 52.2 Å². The molecule has 5 rings (SSSR count). The molecule has 0 fully saturated rings. The molecule has 0 bridgehead atoms. The van der Waals surface area contributed by atoms with E-state index < -0.39 is 29.1 Å². The Kier molecular flexibility index (Phi) is 12.1. The maximum atomic E-state index is 13.5. The second-order valence-corrected chi connectivity index (χ2v) is 12.1. The maximum Gasteiger partial charge on any atom is 0.306 e. The molecule has 2 heterocycles. The first-order chi connectivity index (χ1) is 25.6. The number of rotatable bonds is 15. The van der Waals surface area contributed by atoms with Crippen LogP contribution >= 0.6 is 0 Å². The Morgan fingerprint density at radius 3 is 1.87 bits per heavy atom. The van der Waals surface area contributed by atoms with Crippen molar-refractivity contribution in [2.75, 3.05) is 70.5 Å². The summed E-state index contributed by atoms with van der Waals surface area (Å²) in [7, 11) is 13.4. The van der Waals surface area contributed by atoms with Crippen molar-refractivity contribution < 1.29 is 56.9 Å². The third-order valence-corrected chi connectivity index (χ3v) is 9.36. The van der Waals surface area contributed by atoms with Crippen molar-refractivity contribution in [2.24, 2.45) is 0 Å². The first-order valence-corrected chi connectivity index (χ1v) is 16.6. The number of carbonyl (C=O) groups is 1. The molecule has 1 aromatic heterocycles. The summed E-state index contributed by atoms with van der Waals surface area (Å²) in [5.41, 5.74) is 2.46. The smallest absolute Gasteiger partial charge is 0.306 e. The molecule has 0 saturated heterocycles. The monoisotopic (exact) mass is 735 g/mol. The lowest BCUT2D eigenvalue weighted by molar-refractivity contribution is -0.140. The second-order valence-electron chi connectivity index (χ2n) is 12.1. The number of hydrogen-bond acceptors (Lipinski definition) is 14. The maximum absolute atomic E-state index is 13.5. The van der Waals surface area contributed by atoms with Gasteiger partial charge in [0, 0.05) is 24.2 Å². The molecule has 4 aromatic rings. The van der Waals surface area contributed by atoms with Gasteiger partial charge in [-0.15, -0.1) is 0 Å². The van der Waals surface area contributed by atoms with Crippen molar-refractivity contribution in [3.05, 3.63) is 86.5 Å². The van der Waals surface area contributed by atoms with Crippen LogP contribution in [0, 0.1) is 0 Å². The lowest BCUT2D eigenvalue weighted by atomic mass is 9.87. The standard InChI is InChI=1S/C39H45NO13/c1-44-28-19-32(48-5)31(47-4)17-25(28)26(18-35(42)51-8)38-37(43)27(41)15-23(53-38)20-40-11-10-21-12-29(45-2)30(46-3)16-24(21)36(40)22-13-33(49-6)39(52-9)34(14-22)50-7/h12-17,19,26,36,43H,10-11,18,20H2,1-9H3/t26-,36+/m1/s1. The van der Waals surface area contributed by atoms with Crippen LogP contribution in [0.5, 0.6) is 51.7 Å². The first kappa shape index (κ1) is 38.5. The summed E-state index contributed by atoms with van der Waals surface area (Å²) >= 11 is 0. The van der Waals surface area contributed by atoms with Crippen LogP contribution in [-0.2, 0) is 22.5 Å². The van der Waals surface area contributed by atoms with E-state index in [0.717, 1.165) is 16.7 Å². The second kappa shape index (κ2) is 16.7. The minimum atomic E-state index is -1.02. The Hall–Kier alpha value is -5.76. The van der Waals surface area contributed by atoms with Crippen LogP contribution in [0.25, 0.3) is 0 Å². The molecule has 0 aliphatic carbocycles. The normalized spacial score (nSPS) is 14.4. The molecule has 0 amide bonds. The molecular formula is C39H45NO13. The highest BCUT2D eigenvalue weighted by molar-refractivity contribution is 5.72. The number of aromatic hydroxyl groups is 1. The summed E-state index contributed by atoms with van der Waals surface area (Å²) in [6.07, 6.45) is 0.328. The molecular weight excluding hydrogens is 690 g/mol. The molecule has 14 heteroatoms. The molecule has 1 aliphatic heterocycles. The Labute approximate surface area is 307 Å². The van der Waals surface area contributed by atoms with Crippen LogP contribution in [0.3, 0.4) is 0 Å². The zero-order chi connectivity index (χ0) is 38.4. The van der Waals surface area contributed by atoms with Crippen LogP contribution in [0.2, 0.25) is 0 Å². The Morgan fingerprint density at radius 2 is 1.30 bits per heavy atom. The highest BCUT2D eigenvalue weighted by Gasteiger charge is 2.35. The predicted octanol–water partition coefficient (Wildman–Crippen LogP) is 5.26. The third kappa shape index (κ3) is 7.58. The summed E-state index contributed by atoms with van der Waals surface area (Å²) in [4.78, 5) is 28.5. The van der Waals surface area contributed by atoms with Gasteiger partial charge in [0.25, 0.3) is 0 Å². The van der Waals surface area contributed by atoms with Crippen LogP contribution in [0.15, 0.2) is 51.7 Å². The Morgan fingerprint density at radius 1 is 0.736 bits per heavy atom. The average Bonchev–Trinajstić information content (AvgIpc) is 3.19. The van der Waals surface area contributed by atoms with E-state index in [1.54, 1.807) is 40.6 Å². The predicted molar refractivity (Wildman–Crippen MR) is 193 cm³/mol. The molecule has 53 heavy (non-hydrogen) atoms. The summed E-state index contributed by atoms with van der Waals surface area (Å²) in [5, 5.41) is 11.2. The number of fused-ring (bicyclic) bond motifs is 1. The summed E-state index contributed by atoms with van der Waals surface area (Å²) in [5.74, 6) is 1.33. The van der Waals surface area contributed by atoms with Crippen LogP contribution in [-0.4, -0.2) is 86.5 Å². The van der Waals surface area contributed by atoms with E-state index in [1.165, 1.54) is 41.6 Å². The minimum absolute atomic E-state index is 0.117. The van der Waals surface area contributed by atoms with E-state index in [0.29, 0.717) is 64.5 Å². The lowest BCUT2D eigenvalue weighted by Gasteiger charge is -2.38. The Bertz CT molecular complexity index is 1980. The number of ether oxygens (including phenoxy) is 9. The molecule has 0 spiro atoms. The summed E-state index contributed by atoms with van der Waals surface area (Å²) in [6.45, 7) is 0.643. The van der Waals surface area contributed by atoms with Gasteiger partial charge < -0.3 is 52.2 Å². The number of nitrogens with zero attached hydrogens (tertiary/aromatic N) is 1. The van der Waals surface area contributed by atoms with E-state index in [2.05, 4.69) is 4.90 Å². The average molecular weight is 736 g/mol. The van der Waals surface area contributed by atoms with Gasteiger partial charge in [0.05, 0.1) is 88.9 Å². The van der Waals surface area contributed by atoms with E-state index in [4.69, 9.17) is 47.0 Å². The zero-order valence-corrected chi connectivity index (χ0v) is 31.3. The molecule has 0 unspecified atom stereocenters. The van der Waals surface area contributed by atoms with Gasteiger partial charge in [0.2, 0.25) is 16.9 Å². The van der Waals surface area contributed by atoms with Crippen molar-refractivity contribution in [1.29, 1.82) is 0 Å². The van der Waals surface area contributed by atoms with E-state index in [1.807, 2.05) is 24.3 Å². The number of methoxy groups -OCH3 is 9. The van der Waals surface area contributed by atoms with Gasteiger partial charge in [-0.2, -0.15) is 0 Å². The van der Waals surface area contributed by atoms with Crippen molar-refractivity contribution in [1.82, 2.24) is 4.90 Å². The molecule has 0 radical (unpaired) electrons. The van der Waals surface area contributed by atoms with Gasteiger partial charge in [-0.1, -0.05) is 0 Å². The topological polar surface area (TPSA) is 154 Å². The van der Waals surface area contributed by atoms with Crippen LogP contribution in [0.4, 0.5) is 0 Å². The van der Waals surface area contributed by atoms with Crippen molar-refractivity contribution in [3.8, 4) is 51.7 Å². The SMILES string of the molecule is COC(=O)C[C@H](c1cc(OC)c(OC)cc1OC)c1oc(CN2CCc3cc(OC)c(OC)cc3[C@@H]2c2cc(OC)c(OC)c(OC)c2)cc(=O)c1O. The lowest BCUT2D eigenvalue weighted by Crippen LogP contribution is -2.36. The van der Waals surface area contributed by atoms with Gasteiger partial charge in [0.15, 0.2) is 40.3 Å². The molecule has 1 N–H and O–H groups in total. The number of benzene rings is 3. The zero-order valence-electron chi connectivity index (χ0n) is 31.3. The van der Waals surface area contributed by atoms with Gasteiger partial charge in [-0.3, -0.25) is 14.5 Å². The molecule has 0 saturated carbocycles.